The first kappa shape index (κ1) is 15.5. The van der Waals surface area contributed by atoms with Crippen molar-refractivity contribution in [1.82, 2.24) is 4.72 Å². The van der Waals surface area contributed by atoms with Crippen LogP contribution in [0.4, 0.5) is 5.69 Å². The van der Waals surface area contributed by atoms with Crippen LogP contribution in [0.2, 0.25) is 0 Å². The zero-order chi connectivity index (χ0) is 14.5. The summed E-state index contributed by atoms with van der Waals surface area (Å²) in [6.45, 7) is 5.10. The van der Waals surface area contributed by atoms with Crippen molar-refractivity contribution < 1.29 is 13.5 Å². The van der Waals surface area contributed by atoms with Crippen LogP contribution in [-0.2, 0) is 10.2 Å². The van der Waals surface area contributed by atoms with Gasteiger partial charge in [-0.25, -0.2) is 0 Å². The van der Waals surface area contributed by atoms with Gasteiger partial charge in [-0.1, -0.05) is 11.8 Å². The van der Waals surface area contributed by atoms with E-state index in [2.05, 4.69) is 21.3 Å². The SMILES string of the molecule is Cc1cc(C#CCO)cc(NS(=O)(=O)NC(C)C)c1. The van der Waals surface area contributed by atoms with E-state index in [4.69, 9.17) is 5.11 Å². The van der Waals surface area contributed by atoms with Crippen LogP contribution in [-0.4, -0.2) is 26.2 Å². The molecule has 0 unspecified atom stereocenters. The lowest BCUT2D eigenvalue weighted by Crippen LogP contribution is -2.35. The van der Waals surface area contributed by atoms with Gasteiger partial charge in [0.15, 0.2) is 0 Å². The number of hydrogen-bond donors (Lipinski definition) is 3. The zero-order valence-electron chi connectivity index (χ0n) is 11.2. The van der Waals surface area contributed by atoms with Gasteiger partial charge in [0.2, 0.25) is 0 Å². The first-order valence-electron chi connectivity index (χ1n) is 5.84. The fraction of sp³-hybridized carbons (Fsp3) is 0.385. The Kier molecular flexibility index (Phi) is 5.36. The Balaban J connectivity index is 2.99. The summed E-state index contributed by atoms with van der Waals surface area (Å²) in [7, 11) is -3.59. The van der Waals surface area contributed by atoms with Gasteiger partial charge in [-0.3, -0.25) is 4.72 Å². The van der Waals surface area contributed by atoms with Crippen LogP contribution in [0.5, 0.6) is 0 Å². The van der Waals surface area contributed by atoms with Crippen LogP contribution < -0.4 is 9.44 Å². The monoisotopic (exact) mass is 282 g/mol. The third-order valence-electron chi connectivity index (χ3n) is 2.03. The summed E-state index contributed by atoms with van der Waals surface area (Å²) < 4.78 is 28.4. The molecule has 5 nitrogen and oxygen atoms in total. The molecule has 0 amide bonds. The first-order valence-corrected chi connectivity index (χ1v) is 7.32. The van der Waals surface area contributed by atoms with Gasteiger partial charge in [-0.2, -0.15) is 13.1 Å². The maximum Gasteiger partial charge on any atom is 0.299 e. The van der Waals surface area contributed by atoms with Crippen molar-refractivity contribution in [2.24, 2.45) is 0 Å². The molecule has 1 aromatic carbocycles. The molecule has 0 aliphatic carbocycles. The summed E-state index contributed by atoms with van der Waals surface area (Å²) in [5.74, 6) is 5.27. The lowest BCUT2D eigenvalue weighted by Gasteiger charge is -2.12. The van der Waals surface area contributed by atoms with Crippen LogP contribution >= 0.6 is 0 Å². The maximum absolute atomic E-state index is 11.7. The Morgan fingerprint density at radius 3 is 2.58 bits per heavy atom. The summed E-state index contributed by atoms with van der Waals surface area (Å²) in [6, 6.07) is 4.96. The second-order valence-corrected chi connectivity index (χ2v) is 5.87. The summed E-state index contributed by atoms with van der Waals surface area (Å²) in [6.07, 6.45) is 0. The van der Waals surface area contributed by atoms with E-state index in [0.717, 1.165) is 5.56 Å². The Morgan fingerprint density at radius 1 is 1.32 bits per heavy atom. The molecule has 0 aliphatic rings. The van der Waals surface area contributed by atoms with Crippen molar-refractivity contribution in [2.75, 3.05) is 11.3 Å². The van der Waals surface area contributed by atoms with Crippen molar-refractivity contribution in [3.63, 3.8) is 0 Å². The van der Waals surface area contributed by atoms with E-state index in [0.29, 0.717) is 11.3 Å². The van der Waals surface area contributed by atoms with Gasteiger partial charge >= 0.3 is 0 Å². The van der Waals surface area contributed by atoms with E-state index in [9.17, 15) is 8.42 Å². The van der Waals surface area contributed by atoms with Crippen molar-refractivity contribution in [1.29, 1.82) is 0 Å². The van der Waals surface area contributed by atoms with Gasteiger partial charge in [0.25, 0.3) is 10.2 Å². The molecule has 0 bridgehead atoms. The van der Waals surface area contributed by atoms with Crippen LogP contribution in [0.3, 0.4) is 0 Å². The van der Waals surface area contributed by atoms with Gasteiger partial charge in [-0.05, 0) is 44.5 Å². The summed E-state index contributed by atoms with van der Waals surface area (Å²) in [5.41, 5.74) is 1.97. The van der Waals surface area contributed by atoms with Crippen LogP contribution in [0.15, 0.2) is 18.2 Å². The Hall–Kier alpha value is -1.55. The molecule has 1 rings (SSSR count). The number of hydrogen-bond acceptors (Lipinski definition) is 3. The average Bonchev–Trinajstić information content (AvgIpc) is 2.22. The topological polar surface area (TPSA) is 78.4 Å². The molecule has 0 aliphatic heterocycles. The van der Waals surface area contributed by atoms with Crippen molar-refractivity contribution >= 4 is 15.9 Å². The molecule has 0 spiro atoms. The molecule has 104 valence electrons. The summed E-state index contributed by atoms with van der Waals surface area (Å²) in [4.78, 5) is 0. The molecule has 0 saturated carbocycles. The highest BCUT2D eigenvalue weighted by molar-refractivity contribution is 7.90. The maximum atomic E-state index is 11.7. The number of aliphatic hydroxyl groups is 1. The molecule has 19 heavy (non-hydrogen) atoms. The molecule has 0 heterocycles. The van der Waals surface area contributed by atoms with Crippen LogP contribution in [0, 0.1) is 18.8 Å². The molecular weight excluding hydrogens is 264 g/mol. The van der Waals surface area contributed by atoms with E-state index in [1.54, 1.807) is 26.0 Å². The van der Waals surface area contributed by atoms with Crippen LogP contribution in [0.1, 0.15) is 25.0 Å². The number of aliphatic hydroxyl groups excluding tert-OH is 1. The van der Waals surface area contributed by atoms with Gasteiger partial charge in [0, 0.05) is 11.6 Å². The summed E-state index contributed by atoms with van der Waals surface area (Å²) >= 11 is 0. The van der Waals surface area contributed by atoms with E-state index >= 15 is 0 Å². The lowest BCUT2D eigenvalue weighted by molar-refractivity contribution is 0.350. The normalized spacial score (nSPS) is 11.0. The van der Waals surface area contributed by atoms with E-state index in [1.165, 1.54) is 0 Å². The number of anilines is 1. The smallest absolute Gasteiger partial charge is 0.299 e. The molecule has 3 N–H and O–H groups in total. The van der Waals surface area contributed by atoms with E-state index in [1.807, 2.05) is 13.0 Å². The van der Waals surface area contributed by atoms with Crippen molar-refractivity contribution in [3.05, 3.63) is 29.3 Å². The van der Waals surface area contributed by atoms with E-state index in [-0.39, 0.29) is 12.6 Å². The highest BCUT2D eigenvalue weighted by Crippen LogP contribution is 2.15. The molecule has 6 heteroatoms. The zero-order valence-corrected chi connectivity index (χ0v) is 12.0. The molecule has 0 saturated heterocycles. The Morgan fingerprint density at radius 2 is 2.00 bits per heavy atom. The number of aryl methyl sites for hydroxylation is 1. The van der Waals surface area contributed by atoms with E-state index < -0.39 is 10.2 Å². The molecule has 0 radical (unpaired) electrons. The molecule has 0 fully saturated rings. The fourth-order valence-corrected chi connectivity index (χ4v) is 2.66. The third-order valence-corrected chi connectivity index (χ3v) is 3.32. The van der Waals surface area contributed by atoms with Crippen molar-refractivity contribution in [3.8, 4) is 11.8 Å². The van der Waals surface area contributed by atoms with Gasteiger partial charge in [0.05, 0.1) is 5.69 Å². The Labute approximate surface area is 114 Å². The Bertz CT molecular complexity index is 598. The predicted octanol–water partition coefficient (Wildman–Crippen LogP) is 0.994. The number of rotatable bonds is 4. The minimum absolute atomic E-state index is 0.184. The summed E-state index contributed by atoms with van der Waals surface area (Å²) in [5, 5.41) is 8.66. The highest BCUT2D eigenvalue weighted by atomic mass is 32.2. The van der Waals surface area contributed by atoms with Gasteiger partial charge in [-0.15, -0.1) is 0 Å². The first-order chi connectivity index (χ1) is 8.82. The second-order valence-electron chi connectivity index (χ2n) is 4.43. The second kappa shape index (κ2) is 6.57. The third kappa shape index (κ3) is 5.75. The number of benzene rings is 1. The fourth-order valence-electron chi connectivity index (χ4n) is 1.55. The standard InChI is InChI=1S/C13H18N2O3S/c1-10(2)14-19(17,18)15-13-8-11(3)7-12(9-13)5-4-6-16/h7-10,14-16H,6H2,1-3H3. The largest absolute Gasteiger partial charge is 0.384 e. The van der Waals surface area contributed by atoms with Gasteiger partial charge < -0.3 is 5.11 Å². The highest BCUT2D eigenvalue weighted by Gasteiger charge is 2.11. The quantitative estimate of drug-likeness (QED) is 0.721. The molecule has 0 atom stereocenters. The lowest BCUT2D eigenvalue weighted by atomic mass is 10.1. The molecule has 0 aromatic heterocycles. The van der Waals surface area contributed by atoms with Gasteiger partial charge in [0.1, 0.15) is 6.61 Å². The predicted molar refractivity (Wildman–Crippen MR) is 76.0 cm³/mol. The minimum atomic E-state index is -3.59. The minimum Gasteiger partial charge on any atom is -0.384 e. The van der Waals surface area contributed by atoms with Crippen LogP contribution in [0.25, 0.3) is 0 Å². The molecule has 1 aromatic rings. The number of nitrogens with one attached hydrogen (secondary N) is 2. The van der Waals surface area contributed by atoms with Crippen molar-refractivity contribution in [2.45, 2.75) is 26.8 Å². The molecular formula is C13H18N2O3S. The average molecular weight is 282 g/mol.